The normalized spacial score (nSPS) is 14.7. The zero-order chi connectivity index (χ0) is 33.9. The smallest absolute Gasteiger partial charge is 0.336 e. The second-order valence-electron chi connectivity index (χ2n) is 12.4. The molecule has 4 aromatic rings. The fraction of sp³-hybridized carbons (Fsp3) is 0.250. The molecular formula is C36H33N3O6S2. The Morgan fingerprint density at radius 3 is 2.34 bits per heavy atom. The molecule has 0 bridgehead atoms. The van der Waals surface area contributed by atoms with Crippen LogP contribution in [0.15, 0.2) is 77.7 Å². The van der Waals surface area contributed by atoms with Gasteiger partial charge in [-0.05, 0) is 78.1 Å². The number of aromatic carboxylic acids is 2. The quantitative estimate of drug-likeness (QED) is 0.131. The summed E-state index contributed by atoms with van der Waals surface area (Å²) in [6.07, 6.45) is 2.68. The largest absolute Gasteiger partial charge is 0.478 e. The molecule has 1 aliphatic carbocycles. The zero-order valence-electron chi connectivity index (χ0n) is 26.0. The Kier molecular flexibility index (Phi) is 9.84. The number of hydrogen-bond donors (Lipinski definition) is 4. The van der Waals surface area contributed by atoms with Crippen LogP contribution >= 0.6 is 23.1 Å². The number of benzene rings is 3. The van der Waals surface area contributed by atoms with Gasteiger partial charge in [-0.25, -0.2) is 9.59 Å². The highest BCUT2D eigenvalue weighted by Gasteiger charge is 2.33. The second-order valence-corrected chi connectivity index (χ2v) is 14.7. The maximum Gasteiger partial charge on any atom is 0.336 e. The number of nitriles is 1. The Hall–Kier alpha value is -4.92. The summed E-state index contributed by atoms with van der Waals surface area (Å²) < 4.78 is 0. The van der Waals surface area contributed by atoms with E-state index in [4.69, 9.17) is 0 Å². The lowest BCUT2D eigenvalue weighted by Gasteiger charge is -2.33. The van der Waals surface area contributed by atoms with Gasteiger partial charge in [0.2, 0.25) is 5.91 Å². The third kappa shape index (κ3) is 7.56. The molecule has 0 fully saturated rings. The highest BCUT2D eigenvalue weighted by Crippen LogP contribution is 2.45. The lowest BCUT2D eigenvalue weighted by molar-refractivity contribution is -0.115. The van der Waals surface area contributed by atoms with E-state index in [1.165, 1.54) is 29.2 Å². The highest BCUT2D eigenvalue weighted by atomic mass is 32.2. The van der Waals surface area contributed by atoms with Crippen LogP contribution in [0.3, 0.4) is 0 Å². The van der Waals surface area contributed by atoms with Crippen LogP contribution in [0.5, 0.6) is 0 Å². The van der Waals surface area contributed by atoms with Gasteiger partial charge >= 0.3 is 11.9 Å². The molecule has 0 saturated heterocycles. The second kappa shape index (κ2) is 13.8. The van der Waals surface area contributed by atoms with Gasteiger partial charge in [-0.15, -0.1) is 23.1 Å². The average molecular weight is 668 g/mol. The summed E-state index contributed by atoms with van der Waals surface area (Å²) in [6.45, 7) is 6.70. The summed E-state index contributed by atoms with van der Waals surface area (Å²) in [5.74, 6) is -3.26. The molecule has 2 unspecified atom stereocenters. The van der Waals surface area contributed by atoms with Gasteiger partial charge in [0.1, 0.15) is 16.3 Å². The van der Waals surface area contributed by atoms with Crippen molar-refractivity contribution in [2.45, 2.75) is 50.2 Å². The zero-order valence-corrected chi connectivity index (χ0v) is 27.6. The van der Waals surface area contributed by atoms with Crippen LogP contribution in [0, 0.1) is 22.7 Å². The molecule has 0 aliphatic heterocycles. The van der Waals surface area contributed by atoms with Crippen molar-refractivity contribution in [3.63, 3.8) is 0 Å². The first kappa shape index (κ1) is 33.4. The van der Waals surface area contributed by atoms with E-state index in [0.717, 1.165) is 47.4 Å². The van der Waals surface area contributed by atoms with E-state index in [-0.39, 0.29) is 22.4 Å². The summed E-state index contributed by atoms with van der Waals surface area (Å²) in [7, 11) is 0. The molecule has 1 heterocycles. The topological polar surface area (TPSA) is 157 Å². The van der Waals surface area contributed by atoms with Crippen LogP contribution in [-0.4, -0.2) is 34.0 Å². The molecule has 47 heavy (non-hydrogen) atoms. The molecule has 2 atom stereocenters. The van der Waals surface area contributed by atoms with Crippen molar-refractivity contribution >= 4 is 57.5 Å². The maximum absolute atomic E-state index is 13.9. The van der Waals surface area contributed by atoms with Gasteiger partial charge < -0.3 is 20.8 Å². The molecule has 1 aromatic heterocycles. The monoisotopic (exact) mass is 667 g/mol. The van der Waals surface area contributed by atoms with E-state index in [9.17, 15) is 34.7 Å². The van der Waals surface area contributed by atoms with Gasteiger partial charge in [0, 0.05) is 15.5 Å². The summed E-state index contributed by atoms with van der Waals surface area (Å²) >= 11 is 2.75. The van der Waals surface area contributed by atoms with Crippen molar-refractivity contribution in [2.75, 3.05) is 10.6 Å². The van der Waals surface area contributed by atoms with E-state index in [2.05, 4.69) is 37.5 Å². The first-order valence-corrected chi connectivity index (χ1v) is 16.6. The van der Waals surface area contributed by atoms with Crippen molar-refractivity contribution in [2.24, 2.45) is 11.3 Å². The predicted molar refractivity (Wildman–Crippen MR) is 182 cm³/mol. The summed E-state index contributed by atoms with van der Waals surface area (Å²) in [4.78, 5) is 51.9. The molecule has 3 aromatic carbocycles. The van der Waals surface area contributed by atoms with Crippen LogP contribution in [-0.2, 0) is 17.6 Å². The molecule has 4 N–H and O–H groups in total. The number of carbonyl (C=O) groups excluding carboxylic acids is 2. The third-order valence-corrected chi connectivity index (χ3v) is 10.7. The van der Waals surface area contributed by atoms with E-state index in [1.807, 2.05) is 30.3 Å². The number of anilines is 2. The number of nitrogens with zero attached hydrogens (tertiary/aromatic N) is 1. The number of carboxylic acids is 2. The molecule has 2 amide bonds. The first-order valence-electron chi connectivity index (χ1n) is 14.9. The van der Waals surface area contributed by atoms with Gasteiger partial charge in [-0.3, -0.25) is 9.59 Å². The van der Waals surface area contributed by atoms with Crippen molar-refractivity contribution < 1.29 is 29.4 Å². The van der Waals surface area contributed by atoms with Gasteiger partial charge in [0.15, 0.2) is 0 Å². The summed E-state index contributed by atoms with van der Waals surface area (Å²) in [6, 6.07) is 21.7. The number of hydrogen-bond acceptors (Lipinski definition) is 7. The summed E-state index contributed by atoms with van der Waals surface area (Å²) in [5, 5.41) is 34.5. The molecular weight excluding hydrogens is 635 g/mol. The Bertz CT molecular complexity index is 1910. The number of amides is 2. The Morgan fingerprint density at radius 1 is 0.936 bits per heavy atom. The molecule has 1 aliphatic rings. The number of fused-ring (bicyclic) bond motifs is 1. The highest BCUT2D eigenvalue weighted by molar-refractivity contribution is 8.00. The van der Waals surface area contributed by atoms with E-state index < -0.39 is 28.7 Å². The van der Waals surface area contributed by atoms with Crippen molar-refractivity contribution in [3.05, 3.63) is 111 Å². The number of thioether (sulfide) groups is 1. The fourth-order valence-electron chi connectivity index (χ4n) is 5.64. The molecule has 5 rings (SSSR count). The average Bonchev–Trinajstić information content (AvgIpc) is 3.39. The molecule has 9 nitrogen and oxygen atoms in total. The van der Waals surface area contributed by atoms with E-state index >= 15 is 0 Å². The number of carboxylic acid groups (broad SMARTS) is 2. The Morgan fingerprint density at radius 2 is 1.68 bits per heavy atom. The van der Waals surface area contributed by atoms with Crippen molar-refractivity contribution in [1.82, 2.24) is 0 Å². The number of thiophene rings is 1. The van der Waals surface area contributed by atoms with E-state index in [1.54, 1.807) is 24.3 Å². The van der Waals surface area contributed by atoms with Crippen LogP contribution in [0.25, 0.3) is 0 Å². The fourth-order valence-corrected chi connectivity index (χ4v) is 8.01. The predicted octanol–water partition coefficient (Wildman–Crippen LogP) is 7.89. The van der Waals surface area contributed by atoms with E-state index in [0.29, 0.717) is 27.1 Å². The molecule has 11 heteroatoms. The lowest BCUT2D eigenvalue weighted by atomic mass is 9.72. The number of nitrogens with one attached hydrogen (secondary N) is 2. The summed E-state index contributed by atoms with van der Waals surface area (Å²) in [5.41, 5.74) is 1.94. The van der Waals surface area contributed by atoms with Gasteiger partial charge in [-0.2, -0.15) is 5.26 Å². The lowest BCUT2D eigenvalue weighted by Crippen LogP contribution is -2.26. The minimum Gasteiger partial charge on any atom is -0.478 e. The van der Waals surface area contributed by atoms with Gasteiger partial charge in [-0.1, -0.05) is 57.2 Å². The molecule has 0 radical (unpaired) electrons. The number of rotatable bonds is 9. The first-order chi connectivity index (χ1) is 22.3. The Labute approximate surface area is 280 Å². The number of carbonyl (C=O) groups is 4. The standard InChI is InChI=1S/C36H33N3O6S2/c1-36(2,3)22-13-15-25-28(19-37)33(47-29(25)17-22)39-32(41)30(20-8-5-4-6-9-20)46-24-11-7-10-23(18-24)38-31(40)26-14-12-21(34(42)43)16-27(26)35(44)45/h4-12,14,16,18,22,30H,13,15,17H2,1-3H3,(H,38,40)(H,39,41)(H,42,43)(H,44,45). The van der Waals surface area contributed by atoms with Crippen LogP contribution in [0.4, 0.5) is 10.7 Å². The van der Waals surface area contributed by atoms with Crippen LogP contribution < -0.4 is 10.6 Å². The van der Waals surface area contributed by atoms with Gasteiger partial charge in [0.25, 0.3) is 5.91 Å². The minimum atomic E-state index is -1.43. The van der Waals surface area contributed by atoms with Crippen molar-refractivity contribution in [1.29, 1.82) is 5.26 Å². The molecule has 240 valence electrons. The third-order valence-electron chi connectivity index (χ3n) is 8.27. The van der Waals surface area contributed by atoms with Crippen LogP contribution in [0.1, 0.15) is 85.1 Å². The minimum absolute atomic E-state index is 0.143. The van der Waals surface area contributed by atoms with Crippen LogP contribution in [0.2, 0.25) is 0 Å². The SMILES string of the molecule is CC(C)(C)C1CCc2c(sc(NC(=O)C(Sc3cccc(NC(=O)c4ccc(C(=O)O)cc4C(=O)O)c3)c3ccccc3)c2C#N)C1. The van der Waals surface area contributed by atoms with Gasteiger partial charge in [0.05, 0.1) is 22.3 Å². The molecule has 0 saturated carbocycles. The van der Waals surface area contributed by atoms with Crippen molar-refractivity contribution in [3.8, 4) is 6.07 Å². The molecule has 0 spiro atoms. The maximum atomic E-state index is 13.9. The Balaban J connectivity index is 1.38.